The molecule has 0 heterocycles. The van der Waals surface area contributed by atoms with Crippen LogP contribution in [-0.2, 0) is 43.0 Å². The molecule has 0 fully saturated rings. The first kappa shape index (κ1) is 39.9. The molecule has 15 nitrogen and oxygen atoms in total. The van der Waals surface area contributed by atoms with Gasteiger partial charge in [-0.05, 0) is 0 Å². The zero-order valence-electron chi connectivity index (χ0n) is 18.1. The van der Waals surface area contributed by atoms with E-state index in [0.29, 0.717) is 0 Å². The molecule has 0 aromatic carbocycles. The molecule has 0 saturated carbocycles. The third-order valence-corrected chi connectivity index (χ3v) is 3.00. The van der Waals surface area contributed by atoms with Crippen LogP contribution in [0.5, 0.6) is 0 Å². The van der Waals surface area contributed by atoms with E-state index in [-0.39, 0.29) is 88.7 Å². The van der Waals surface area contributed by atoms with Crippen LogP contribution in [0.25, 0.3) is 0 Å². The molecule has 3 N–H and O–H groups in total. The summed E-state index contributed by atoms with van der Waals surface area (Å²) >= 11 is 0. The molecule has 3 atom stereocenters. The van der Waals surface area contributed by atoms with E-state index in [4.69, 9.17) is 0 Å². The van der Waals surface area contributed by atoms with E-state index in [9.17, 15) is 59.4 Å². The van der Waals surface area contributed by atoms with E-state index in [1.54, 1.807) is 0 Å². The van der Waals surface area contributed by atoms with Crippen LogP contribution >= 0.6 is 0 Å². The Kier molecular flexibility index (Phi) is 25.4. The smallest absolute Gasteiger partial charge is 0.550 e. The van der Waals surface area contributed by atoms with Crippen molar-refractivity contribution in [1.29, 1.82) is 0 Å². The topological polar surface area (TPSA) is 260 Å². The van der Waals surface area contributed by atoms with Crippen LogP contribution < -0.4 is 104 Å². The number of aliphatic hydroxyl groups is 3. The first-order chi connectivity index (χ1) is 13.8. The maximum absolute atomic E-state index is 11.6. The van der Waals surface area contributed by atoms with E-state index < -0.39 is 92.7 Å². The average Bonchev–Trinajstić information content (AvgIpc) is 2.61. The molecule has 0 amide bonds. The first-order valence-electron chi connectivity index (χ1n) is 8.01. The minimum Gasteiger partial charge on any atom is -0.550 e. The minimum atomic E-state index is -2.21. The van der Waals surface area contributed by atoms with Gasteiger partial charge in [-0.15, -0.1) is 0 Å². The maximum Gasteiger partial charge on any atom is 1.00 e. The van der Waals surface area contributed by atoms with Gasteiger partial charge in [0.15, 0.2) is 24.4 Å². The van der Waals surface area contributed by atoms with Crippen LogP contribution in [0.4, 0.5) is 0 Å². The van der Waals surface area contributed by atoms with Gasteiger partial charge in [0, 0.05) is 37.2 Å². The monoisotopic (exact) mass is 506 g/mol. The van der Waals surface area contributed by atoms with Crippen LogP contribution in [0, 0.1) is 0 Å². The van der Waals surface area contributed by atoms with Gasteiger partial charge in [0.1, 0.15) is 13.2 Å². The Morgan fingerprint density at radius 3 is 1.12 bits per heavy atom. The molecule has 0 rings (SSSR count). The Hall–Kier alpha value is -0.300. The summed E-state index contributed by atoms with van der Waals surface area (Å²) in [5, 5.41) is 58.9. The molecule has 3 unspecified atom stereocenters. The Bertz CT molecular complexity index is 633. The summed E-state index contributed by atoms with van der Waals surface area (Å²) in [7, 11) is 0. The largest absolute Gasteiger partial charge is 1.00 e. The summed E-state index contributed by atoms with van der Waals surface area (Å²) in [5.74, 6) is -9.96. The predicted molar refractivity (Wildman–Crippen MR) is 78.7 cm³/mol. The fourth-order valence-corrected chi connectivity index (χ4v) is 1.63. The molecule has 0 aliphatic carbocycles. The average molecular weight is 506 g/mol. The van der Waals surface area contributed by atoms with Gasteiger partial charge >= 0.3 is 107 Å². The number of aliphatic carboxylic acids is 3. The number of carboxylic acids is 3. The molecular weight excluding hydrogens is 489 g/mol. The Morgan fingerprint density at radius 1 is 0.576 bits per heavy atom. The number of carboxylic acid groups (broad SMARTS) is 3. The number of hydrogen-bond donors (Lipinski definition) is 3. The van der Waals surface area contributed by atoms with Gasteiger partial charge < -0.3 is 59.2 Å². The molecular formula is C15H17Na3O15. The Morgan fingerprint density at radius 2 is 0.848 bits per heavy atom. The number of rotatable bonds is 14. The summed E-state index contributed by atoms with van der Waals surface area (Å²) < 4.78 is 13.5. The van der Waals surface area contributed by atoms with Gasteiger partial charge in [-0.1, -0.05) is 0 Å². The summed E-state index contributed by atoms with van der Waals surface area (Å²) in [6.45, 7) is -1.95. The number of esters is 3. The van der Waals surface area contributed by atoms with Crippen molar-refractivity contribution in [3.8, 4) is 0 Å². The number of ether oxygens (including phenoxy) is 3. The van der Waals surface area contributed by atoms with Crippen molar-refractivity contribution >= 4 is 35.8 Å². The molecule has 170 valence electrons. The van der Waals surface area contributed by atoms with Crippen LogP contribution in [0.1, 0.15) is 19.3 Å². The number of carbonyl (C=O) groups is 6. The van der Waals surface area contributed by atoms with Crippen molar-refractivity contribution in [1.82, 2.24) is 0 Å². The third-order valence-electron chi connectivity index (χ3n) is 3.00. The van der Waals surface area contributed by atoms with Gasteiger partial charge in [-0.3, -0.25) is 0 Å². The summed E-state index contributed by atoms with van der Waals surface area (Å²) in [6.07, 6.45) is -11.7. The van der Waals surface area contributed by atoms with E-state index >= 15 is 0 Å². The van der Waals surface area contributed by atoms with Gasteiger partial charge in [-0.25, -0.2) is 14.4 Å². The number of aliphatic hydroxyl groups excluding tert-OH is 3. The van der Waals surface area contributed by atoms with Crippen LogP contribution in [-0.4, -0.2) is 88.8 Å². The molecule has 0 aliphatic rings. The van der Waals surface area contributed by atoms with E-state index in [2.05, 4.69) is 14.2 Å². The second-order valence-electron chi connectivity index (χ2n) is 5.59. The molecule has 33 heavy (non-hydrogen) atoms. The van der Waals surface area contributed by atoms with Gasteiger partial charge in [0.2, 0.25) is 0 Å². The van der Waals surface area contributed by atoms with Crippen molar-refractivity contribution in [3.05, 3.63) is 0 Å². The van der Waals surface area contributed by atoms with Gasteiger partial charge in [-0.2, -0.15) is 0 Å². The van der Waals surface area contributed by atoms with E-state index in [1.807, 2.05) is 0 Å². The second kappa shape index (κ2) is 21.0. The second-order valence-corrected chi connectivity index (χ2v) is 5.59. The molecule has 0 aromatic heterocycles. The van der Waals surface area contributed by atoms with E-state index in [0.717, 1.165) is 0 Å². The normalized spacial score (nSPS) is 13.2. The summed E-state index contributed by atoms with van der Waals surface area (Å²) in [6, 6.07) is 0. The van der Waals surface area contributed by atoms with E-state index in [1.165, 1.54) is 0 Å². The molecule has 18 heteroatoms. The first-order valence-corrected chi connectivity index (χ1v) is 8.01. The molecule has 0 bridgehead atoms. The predicted octanol–water partition coefficient (Wildman–Crippen LogP) is -16.5. The summed E-state index contributed by atoms with van der Waals surface area (Å²) in [5.41, 5.74) is 0. The molecule has 0 aliphatic heterocycles. The Balaban J connectivity index is -0.00000140. The fraction of sp³-hybridized carbons (Fsp3) is 0.600. The van der Waals surface area contributed by atoms with Crippen molar-refractivity contribution in [2.45, 2.75) is 43.7 Å². The standard InChI is InChI=1S/C15H20O15.3Na/c16-7(1-10(19)20)13(25)28-4-6(30-15(27)9(18)3-12(23)24)5-29-14(26)8(17)2-11(21)22;;;/h6-9,16-18H,1-5H2,(H,19,20)(H,21,22)(H,23,24);;;/q;3*+1/p-3. The van der Waals surface area contributed by atoms with Gasteiger partial charge in [0.05, 0.1) is 0 Å². The third kappa shape index (κ3) is 19.7. The maximum atomic E-state index is 11.6. The summed E-state index contributed by atoms with van der Waals surface area (Å²) in [4.78, 5) is 65.6. The van der Waals surface area contributed by atoms with Gasteiger partial charge in [0.25, 0.3) is 0 Å². The van der Waals surface area contributed by atoms with Crippen molar-refractivity contribution < 1.29 is 162 Å². The van der Waals surface area contributed by atoms with Crippen LogP contribution in [0.3, 0.4) is 0 Å². The zero-order chi connectivity index (χ0) is 23.4. The van der Waals surface area contributed by atoms with Crippen molar-refractivity contribution in [2.75, 3.05) is 13.2 Å². The molecule has 0 saturated heterocycles. The number of carbonyl (C=O) groups excluding carboxylic acids is 6. The molecule has 0 aromatic rings. The SMILES string of the molecule is O=C([O-])CC(O)C(=O)OCC(COC(=O)C(O)CC(=O)[O-])OC(=O)C(O)CC(=O)[O-].[Na+].[Na+].[Na+]. The quantitative estimate of drug-likeness (QED) is 0.112. The zero-order valence-corrected chi connectivity index (χ0v) is 24.1. The number of hydrogen-bond acceptors (Lipinski definition) is 15. The molecule has 0 spiro atoms. The van der Waals surface area contributed by atoms with Crippen molar-refractivity contribution in [2.24, 2.45) is 0 Å². The fourth-order valence-electron chi connectivity index (χ4n) is 1.63. The molecule has 0 radical (unpaired) electrons. The van der Waals surface area contributed by atoms with Crippen LogP contribution in [0.2, 0.25) is 0 Å². The Labute approximate surface area is 252 Å². The van der Waals surface area contributed by atoms with Crippen LogP contribution in [0.15, 0.2) is 0 Å². The minimum absolute atomic E-state index is 0. The van der Waals surface area contributed by atoms with Crippen molar-refractivity contribution in [3.63, 3.8) is 0 Å².